The predicted octanol–water partition coefficient (Wildman–Crippen LogP) is -0.186. The van der Waals surface area contributed by atoms with Crippen molar-refractivity contribution in [1.29, 1.82) is 0 Å². The highest BCUT2D eigenvalue weighted by molar-refractivity contribution is 5.66. The molecule has 9 heteroatoms. The van der Waals surface area contributed by atoms with Crippen molar-refractivity contribution in [3.05, 3.63) is 0 Å². The molecule has 1 saturated heterocycles. The molecular formula is C13H22O9. The van der Waals surface area contributed by atoms with Crippen LogP contribution in [-0.4, -0.2) is 71.0 Å². The van der Waals surface area contributed by atoms with Crippen LogP contribution in [-0.2, 0) is 42.7 Å². The smallest absolute Gasteiger partial charge is 0.305 e. The average molecular weight is 322 g/mol. The quantitative estimate of drug-likeness (QED) is 0.591. The summed E-state index contributed by atoms with van der Waals surface area (Å²) in [7, 11) is 4.22. The molecule has 0 N–H and O–H groups in total. The minimum atomic E-state index is -1.09. The van der Waals surface area contributed by atoms with Crippen molar-refractivity contribution < 1.29 is 42.7 Å². The first-order valence-corrected chi connectivity index (χ1v) is 6.62. The number of hydrogen-bond acceptors (Lipinski definition) is 9. The van der Waals surface area contributed by atoms with E-state index in [-0.39, 0.29) is 6.61 Å². The average Bonchev–Trinajstić information content (AvgIpc) is 2.47. The summed E-state index contributed by atoms with van der Waals surface area (Å²) in [6.07, 6.45) is -4.39. The van der Waals surface area contributed by atoms with Crippen molar-refractivity contribution >= 4 is 11.9 Å². The molecule has 0 bridgehead atoms. The Bertz CT molecular complexity index is 373. The summed E-state index contributed by atoms with van der Waals surface area (Å²) < 4.78 is 36.6. The first kappa shape index (κ1) is 18.8. The third-order valence-corrected chi connectivity index (χ3v) is 2.92. The van der Waals surface area contributed by atoms with Crippen LogP contribution in [0, 0.1) is 0 Å². The van der Waals surface area contributed by atoms with Gasteiger partial charge in [-0.2, -0.15) is 0 Å². The van der Waals surface area contributed by atoms with Crippen LogP contribution in [0.5, 0.6) is 0 Å². The second-order valence-corrected chi connectivity index (χ2v) is 4.50. The van der Waals surface area contributed by atoms with Gasteiger partial charge in [-0.15, -0.1) is 0 Å². The van der Waals surface area contributed by atoms with E-state index in [9.17, 15) is 9.59 Å². The molecule has 1 rings (SSSR count). The Balaban J connectivity index is 2.87. The number of hydrogen-bond donors (Lipinski definition) is 0. The molecule has 0 saturated carbocycles. The van der Waals surface area contributed by atoms with Gasteiger partial charge in [-0.3, -0.25) is 9.59 Å². The summed E-state index contributed by atoms with van der Waals surface area (Å²) in [6.45, 7) is 2.41. The molecule has 5 atom stereocenters. The van der Waals surface area contributed by atoms with Crippen LogP contribution < -0.4 is 0 Å². The van der Waals surface area contributed by atoms with Gasteiger partial charge in [-0.05, 0) is 0 Å². The Labute approximate surface area is 128 Å². The molecule has 1 fully saturated rings. The van der Waals surface area contributed by atoms with E-state index in [1.54, 1.807) is 0 Å². The molecule has 0 radical (unpaired) electrons. The van der Waals surface area contributed by atoms with E-state index in [0.717, 1.165) is 0 Å². The summed E-state index contributed by atoms with van der Waals surface area (Å²) in [5, 5.41) is 0. The van der Waals surface area contributed by atoms with Gasteiger partial charge in [0.2, 0.25) is 18.9 Å². The zero-order chi connectivity index (χ0) is 16.7. The minimum Gasteiger partial charge on any atom is -0.463 e. The lowest BCUT2D eigenvalue weighted by atomic mass is 10.2. The molecule has 9 nitrogen and oxygen atoms in total. The molecule has 0 aromatic rings. The zero-order valence-corrected chi connectivity index (χ0v) is 13.3. The maximum absolute atomic E-state index is 11.2. The van der Waals surface area contributed by atoms with Gasteiger partial charge in [0.05, 0.1) is 0 Å². The van der Waals surface area contributed by atoms with Crippen LogP contribution >= 0.6 is 0 Å². The summed E-state index contributed by atoms with van der Waals surface area (Å²) in [4.78, 5) is 22.2. The molecule has 22 heavy (non-hydrogen) atoms. The monoisotopic (exact) mass is 322 g/mol. The van der Waals surface area contributed by atoms with Crippen LogP contribution in [0.4, 0.5) is 0 Å². The number of carbonyl (C=O) groups is 2. The number of methoxy groups -OCH3 is 3. The van der Waals surface area contributed by atoms with E-state index in [4.69, 9.17) is 33.2 Å². The van der Waals surface area contributed by atoms with Crippen molar-refractivity contribution in [3.8, 4) is 0 Å². The molecule has 1 aliphatic rings. The molecule has 0 spiro atoms. The number of esters is 2. The van der Waals surface area contributed by atoms with Crippen LogP contribution in [0.25, 0.3) is 0 Å². The van der Waals surface area contributed by atoms with Crippen molar-refractivity contribution in [2.75, 3.05) is 27.9 Å². The van der Waals surface area contributed by atoms with E-state index >= 15 is 0 Å². The van der Waals surface area contributed by atoms with Gasteiger partial charge in [0.25, 0.3) is 0 Å². The summed E-state index contributed by atoms with van der Waals surface area (Å²) in [5.74, 6) is -1.03. The lowest BCUT2D eigenvalue weighted by Crippen LogP contribution is -2.57. The van der Waals surface area contributed by atoms with E-state index < -0.39 is 43.0 Å². The first-order chi connectivity index (χ1) is 10.4. The fourth-order valence-electron chi connectivity index (χ4n) is 1.91. The second kappa shape index (κ2) is 9.01. The van der Waals surface area contributed by atoms with Crippen LogP contribution in [0.3, 0.4) is 0 Å². The Morgan fingerprint density at radius 2 is 1.55 bits per heavy atom. The van der Waals surface area contributed by atoms with E-state index in [2.05, 4.69) is 0 Å². The van der Waals surface area contributed by atoms with E-state index in [1.807, 2.05) is 0 Å². The third-order valence-electron chi connectivity index (χ3n) is 2.92. The standard InChI is InChI=1S/C13H22O9/c1-7(14)19-6-9(16-3)10-11(20-8(2)15)22-13(18-5)12(17-4)21-10/h9-13H,6H2,1-5H3/t9-,10?,11-,12+,13+/m1/s1. The van der Waals surface area contributed by atoms with Gasteiger partial charge in [0.15, 0.2) is 6.10 Å². The molecular weight excluding hydrogens is 300 g/mol. The van der Waals surface area contributed by atoms with Gasteiger partial charge >= 0.3 is 11.9 Å². The van der Waals surface area contributed by atoms with Crippen LogP contribution in [0.1, 0.15) is 13.8 Å². The number of ether oxygens (including phenoxy) is 7. The summed E-state index contributed by atoms with van der Waals surface area (Å²) in [6, 6.07) is 0. The molecule has 0 aromatic carbocycles. The Hall–Kier alpha value is -1.26. The maximum atomic E-state index is 11.2. The maximum Gasteiger partial charge on any atom is 0.305 e. The Morgan fingerprint density at radius 1 is 0.955 bits per heavy atom. The van der Waals surface area contributed by atoms with Gasteiger partial charge in [0, 0.05) is 35.2 Å². The number of carbonyl (C=O) groups excluding carboxylic acids is 2. The van der Waals surface area contributed by atoms with E-state index in [0.29, 0.717) is 0 Å². The molecule has 1 heterocycles. The molecule has 1 aliphatic heterocycles. The van der Waals surface area contributed by atoms with Crippen molar-refractivity contribution in [2.24, 2.45) is 0 Å². The number of rotatable bonds is 7. The molecule has 128 valence electrons. The molecule has 0 aliphatic carbocycles. The predicted molar refractivity (Wildman–Crippen MR) is 70.5 cm³/mol. The van der Waals surface area contributed by atoms with Crippen LogP contribution in [0.15, 0.2) is 0 Å². The topological polar surface area (TPSA) is 98.8 Å². The highest BCUT2D eigenvalue weighted by Crippen LogP contribution is 2.26. The second-order valence-electron chi connectivity index (χ2n) is 4.50. The normalized spacial score (nSPS) is 29.7. The first-order valence-electron chi connectivity index (χ1n) is 6.62. The Kier molecular flexibility index (Phi) is 7.69. The van der Waals surface area contributed by atoms with Crippen molar-refractivity contribution in [2.45, 2.75) is 44.9 Å². The van der Waals surface area contributed by atoms with E-state index in [1.165, 1.54) is 35.2 Å². The lowest BCUT2D eigenvalue weighted by Gasteiger charge is -2.41. The summed E-state index contributed by atoms with van der Waals surface area (Å²) in [5.41, 5.74) is 0. The SMILES string of the molecule is CO[C@H]1OC([C@@H](COC(C)=O)OC)[C@H](OC(C)=O)O[C@@H]1OC. The highest BCUT2D eigenvalue weighted by atomic mass is 16.8. The molecule has 1 unspecified atom stereocenters. The fourth-order valence-corrected chi connectivity index (χ4v) is 1.91. The summed E-state index contributed by atoms with van der Waals surface area (Å²) >= 11 is 0. The van der Waals surface area contributed by atoms with Gasteiger partial charge in [-0.25, -0.2) is 0 Å². The van der Waals surface area contributed by atoms with Crippen molar-refractivity contribution in [3.63, 3.8) is 0 Å². The van der Waals surface area contributed by atoms with Crippen molar-refractivity contribution in [1.82, 2.24) is 0 Å². The molecule has 0 aromatic heterocycles. The lowest BCUT2D eigenvalue weighted by molar-refractivity contribution is -0.396. The minimum absolute atomic E-state index is 0.0916. The van der Waals surface area contributed by atoms with Gasteiger partial charge in [-0.1, -0.05) is 0 Å². The zero-order valence-electron chi connectivity index (χ0n) is 13.3. The Morgan fingerprint density at radius 3 is 2.00 bits per heavy atom. The third kappa shape index (κ3) is 5.18. The highest BCUT2D eigenvalue weighted by Gasteiger charge is 2.45. The molecule has 0 amide bonds. The largest absolute Gasteiger partial charge is 0.463 e. The fraction of sp³-hybridized carbons (Fsp3) is 0.846. The van der Waals surface area contributed by atoms with Crippen LogP contribution in [0.2, 0.25) is 0 Å². The van der Waals surface area contributed by atoms with Gasteiger partial charge < -0.3 is 33.2 Å². The van der Waals surface area contributed by atoms with Gasteiger partial charge in [0.1, 0.15) is 12.7 Å².